The molecule has 1 heterocycles. The lowest BCUT2D eigenvalue weighted by atomic mass is 10.2. The summed E-state index contributed by atoms with van der Waals surface area (Å²) in [4.78, 5) is 0.990. The fraction of sp³-hybridized carbons (Fsp3) is 0.286. The zero-order chi connectivity index (χ0) is 14.8. The Bertz CT molecular complexity index is 693. The van der Waals surface area contributed by atoms with Crippen LogP contribution >= 0.6 is 11.3 Å². The maximum atomic E-state index is 12.6. The van der Waals surface area contributed by atoms with E-state index in [1.54, 1.807) is 19.2 Å². The third-order valence-corrected chi connectivity index (χ3v) is 6.48. The molecule has 0 aliphatic carbocycles. The van der Waals surface area contributed by atoms with Gasteiger partial charge in [0.2, 0.25) is 0 Å². The van der Waals surface area contributed by atoms with Crippen LogP contribution in [0.1, 0.15) is 10.4 Å². The van der Waals surface area contributed by atoms with Crippen molar-refractivity contribution in [2.75, 3.05) is 17.9 Å². The molecule has 0 fully saturated rings. The average molecular weight is 310 g/mol. The Morgan fingerprint density at radius 1 is 1.20 bits per heavy atom. The molecule has 0 aliphatic heterocycles. The number of nitrogens with two attached hydrogens (primary N) is 1. The second-order valence-electron chi connectivity index (χ2n) is 4.52. The number of aryl methyl sites for hydroxylation is 1. The summed E-state index contributed by atoms with van der Waals surface area (Å²) in [5, 5.41) is 0. The highest BCUT2D eigenvalue weighted by molar-refractivity contribution is 7.94. The summed E-state index contributed by atoms with van der Waals surface area (Å²) in [5.74, 6) is 0. The molecule has 0 saturated heterocycles. The number of para-hydroxylation sites is 1. The van der Waals surface area contributed by atoms with Gasteiger partial charge in [-0.25, -0.2) is 8.42 Å². The summed E-state index contributed by atoms with van der Waals surface area (Å²) < 4.78 is 26.9. The molecule has 0 bridgehead atoms. The third kappa shape index (κ3) is 2.87. The smallest absolute Gasteiger partial charge is 0.273 e. The van der Waals surface area contributed by atoms with Crippen molar-refractivity contribution in [1.29, 1.82) is 0 Å². The first-order valence-corrected chi connectivity index (χ1v) is 8.56. The normalized spacial score (nSPS) is 11.6. The van der Waals surface area contributed by atoms with Crippen LogP contribution in [-0.2, 0) is 16.4 Å². The van der Waals surface area contributed by atoms with Gasteiger partial charge in [-0.1, -0.05) is 18.2 Å². The molecule has 1 aromatic heterocycles. The minimum atomic E-state index is -3.50. The predicted octanol–water partition coefficient (Wildman–Crippen LogP) is 2.38. The summed E-state index contributed by atoms with van der Waals surface area (Å²) in [6, 6.07) is 10.9. The first-order chi connectivity index (χ1) is 9.46. The third-order valence-electron chi connectivity index (χ3n) is 3.10. The molecule has 1 aromatic carbocycles. The number of benzene rings is 1. The summed E-state index contributed by atoms with van der Waals surface area (Å²) >= 11 is 1.28. The Morgan fingerprint density at radius 3 is 2.55 bits per heavy atom. The molecular formula is C14H18N2O2S2. The lowest BCUT2D eigenvalue weighted by Gasteiger charge is -2.20. The SMILES string of the molecule is Cc1ccccc1N(C)S(=O)(=O)c1ccc(CCN)s1. The van der Waals surface area contributed by atoms with Gasteiger partial charge in [0.15, 0.2) is 0 Å². The Kier molecular flexibility index (Phi) is 4.47. The van der Waals surface area contributed by atoms with Crippen molar-refractivity contribution in [2.24, 2.45) is 5.73 Å². The van der Waals surface area contributed by atoms with E-state index in [1.165, 1.54) is 15.6 Å². The van der Waals surface area contributed by atoms with E-state index >= 15 is 0 Å². The van der Waals surface area contributed by atoms with Crippen molar-refractivity contribution >= 4 is 27.0 Å². The van der Waals surface area contributed by atoms with Gasteiger partial charge < -0.3 is 5.73 Å². The Hall–Kier alpha value is -1.37. The van der Waals surface area contributed by atoms with Crippen LogP contribution in [0.25, 0.3) is 0 Å². The molecule has 20 heavy (non-hydrogen) atoms. The van der Waals surface area contributed by atoms with E-state index in [-0.39, 0.29) is 0 Å². The van der Waals surface area contributed by atoms with E-state index in [0.29, 0.717) is 22.9 Å². The molecule has 0 unspecified atom stereocenters. The Morgan fingerprint density at radius 2 is 1.90 bits per heavy atom. The minimum Gasteiger partial charge on any atom is -0.330 e. The number of anilines is 1. The zero-order valence-corrected chi connectivity index (χ0v) is 13.2. The summed E-state index contributed by atoms with van der Waals surface area (Å²) in [5.41, 5.74) is 7.12. The number of hydrogen-bond acceptors (Lipinski definition) is 4. The second-order valence-corrected chi connectivity index (χ2v) is 7.88. The second kappa shape index (κ2) is 5.95. The van der Waals surface area contributed by atoms with Crippen LogP contribution in [0, 0.1) is 6.92 Å². The van der Waals surface area contributed by atoms with Gasteiger partial charge in [0.1, 0.15) is 4.21 Å². The molecule has 2 rings (SSSR count). The van der Waals surface area contributed by atoms with Gasteiger partial charge in [-0.3, -0.25) is 4.31 Å². The highest BCUT2D eigenvalue weighted by Crippen LogP contribution is 2.29. The van der Waals surface area contributed by atoms with E-state index in [9.17, 15) is 8.42 Å². The minimum absolute atomic E-state index is 0.353. The number of sulfonamides is 1. The van der Waals surface area contributed by atoms with Gasteiger partial charge >= 0.3 is 0 Å². The van der Waals surface area contributed by atoms with Gasteiger partial charge in [0, 0.05) is 11.9 Å². The van der Waals surface area contributed by atoms with Gasteiger partial charge in [-0.15, -0.1) is 11.3 Å². The van der Waals surface area contributed by atoms with Gasteiger partial charge in [0.05, 0.1) is 5.69 Å². The maximum Gasteiger partial charge on any atom is 0.273 e. The molecule has 0 saturated carbocycles. The lowest BCUT2D eigenvalue weighted by molar-refractivity contribution is 0.596. The quantitative estimate of drug-likeness (QED) is 0.922. The van der Waals surface area contributed by atoms with Crippen LogP contribution in [0.5, 0.6) is 0 Å². The van der Waals surface area contributed by atoms with E-state index in [4.69, 9.17) is 5.73 Å². The zero-order valence-electron chi connectivity index (χ0n) is 11.5. The summed E-state index contributed by atoms with van der Waals surface area (Å²) in [6.07, 6.45) is 0.703. The molecule has 6 heteroatoms. The first-order valence-electron chi connectivity index (χ1n) is 6.30. The van der Waals surface area contributed by atoms with Crippen LogP contribution in [0.15, 0.2) is 40.6 Å². The topological polar surface area (TPSA) is 63.4 Å². The molecule has 2 aromatic rings. The van der Waals surface area contributed by atoms with Crippen LogP contribution in [-0.4, -0.2) is 22.0 Å². The van der Waals surface area contributed by atoms with Gasteiger partial charge in [0.25, 0.3) is 10.0 Å². The van der Waals surface area contributed by atoms with Crippen LogP contribution in [0.3, 0.4) is 0 Å². The van der Waals surface area contributed by atoms with E-state index < -0.39 is 10.0 Å². The number of hydrogen-bond donors (Lipinski definition) is 1. The van der Waals surface area contributed by atoms with Crippen molar-refractivity contribution in [1.82, 2.24) is 0 Å². The van der Waals surface area contributed by atoms with Crippen molar-refractivity contribution in [3.8, 4) is 0 Å². The summed E-state index contributed by atoms with van der Waals surface area (Å²) in [7, 11) is -1.92. The van der Waals surface area contributed by atoms with Crippen molar-refractivity contribution < 1.29 is 8.42 Å². The van der Waals surface area contributed by atoms with Crippen LogP contribution < -0.4 is 10.0 Å². The molecule has 0 amide bonds. The lowest BCUT2D eigenvalue weighted by Crippen LogP contribution is -2.26. The first kappa shape index (κ1) is 15.0. The number of rotatable bonds is 5. The molecule has 0 spiro atoms. The fourth-order valence-corrected chi connectivity index (χ4v) is 4.76. The Labute approximate surface area is 123 Å². The molecule has 0 aliphatic rings. The largest absolute Gasteiger partial charge is 0.330 e. The molecule has 4 nitrogen and oxygen atoms in total. The van der Waals surface area contributed by atoms with Gasteiger partial charge in [-0.2, -0.15) is 0 Å². The van der Waals surface area contributed by atoms with Crippen molar-refractivity contribution in [3.05, 3.63) is 46.8 Å². The standard InChI is InChI=1S/C14H18N2O2S2/c1-11-5-3-4-6-13(11)16(2)20(17,18)14-8-7-12(19-14)9-10-15/h3-8H,9-10,15H2,1-2H3. The van der Waals surface area contributed by atoms with E-state index in [0.717, 1.165) is 10.4 Å². The van der Waals surface area contributed by atoms with Crippen molar-refractivity contribution in [2.45, 2.75) is 17.6 Å². The highest BCUT2D eigenvalue weighted by Gasteiger charge is 2.24. The van der Waals surface area contributed by atoms with Crippen LogP contribution in [0.2, 0.25) is 0 Å². The number of nitrogens with zero attached hydrogens (tertiary/aromatic N) is 1. The average Bonchev–Trinajstić information content (AvgIpc) is 2.88. The van der Waals surface area contributed by atoms with Crippen molar-refractivity contribution in [3.63, 3.8) is 0 Å². The van der Waals surface area contributed by atoms with Crippen LogP contribution in [0.4, 0.5) is 5.69 Å². The number of thiophene rings is 1. The molecule has 108 valence electrons. The molecule has 2 N–H and O–H groups in total. The predicted molar refractivity (Wildman–Crippen MR) is 83.8 cm³/mol. The van der Waals surface area contributed by atoms with E-state index in [2.05, 4.69) is 0 Å². The fourth-order valence-electron chi connectivity index (χ4n) is 1.95. The summed E-state index contributed by atoms with van der Waals surface area (Å²) in [6.45, 7) is 2.42. The molecular weight excluding hydrogens is 292 g/mol. The monoisotopic (exact) mass is 310 g/mol. The van der Waals surface area contributed by atoms with Gasteiger partial charge in [-0.05, 0) is 43.7 Å². The molecule has 0 atom stereocenters. The van der Waals surface area contributed by atoms with E-state index in [1.807, 2.05) is 31.2 Å². The molecule has 0 radical (unpaired) electrons. The maximum absolute atomic E-state index is 12.6. The highest BCUT2D eigenvalue weighted by atomic mass is 32.2. The Balaban J connectivity index is 2.36.